The van der Waals surface area contributed by atoms with Gasteiger partial charge in [-0.25, -0.2) is 4.98 Å². The first kappa shape index (κ1) is 22.3. The summed E-state index contributed by atoms with van der Waals surface area (Å²) >= 11 is 1.36. The standard InChI is InChI=1S/C23H19N2O8PS/c26-10-18-31-17-9-12(8-14(20(17)33-18)16-6-7-19(32-16)34(28,29)30)13-2-1-3-15-21(13)35-23(24-15)25-22(27)11-4-5-11/h1-3,6-9,11,18,26H,4-5,10H2,(H,24,25,27)(H2,28,29,30). The van der Waals surface area contributed by atoms with Crippen molar-refractivity contribution >= 4 is 45.7 Å². The van der Waals surface area contributed by atoms with Gasteiger partial charge in [0.2, 0.25) is 11.4 Å². The Bertz CT molecular complexity index is 1520. The number of amides is 1. The van der Waals surface area contributed by atoms with Gasteiger partial charge < -0.3 is 34.1 Å². The van der Waals surface area contributed by atoms with Crippen LogP contribution >= 0.6 is 18.9 Å². The van der Waals surface area contributed by atoms with Gasteiger partial charge in [-0.3, -0.25) is 9.36 Å². The van der Waals surface area contributed by atoms with Crippen LogP contribution in [0.1, 0.15) is 12.8 Å². The van der Waals surface area contributed by atoms with Crippen molar-refractivity contribution in [2.45, 2.75) is 19.1 Å². The molecule has 10 nitrogen and oxygen atoms in total. The summed E-state index contributed by atoms with van der Waals surface area (Å²) in [5, 5.41) is 12.9. The molecule has 0 bridgehead atoms. The minimum Gasteiger partial charge on any atom is -0.448 e. The minimum absolute atomic E-state index is 0.0234. The van der Waals surface area contributed by atoms with Crippen molar-refractivity contribution in [3.63, 3.8) is 0 Å². The fraction of sp³-hybridized carbons (Fsp3) is 0.217. The van der Waals surface area contributed by atoms with Gasteiger partial charge >= 0.3 is 7.60 Å². The van der Waals surface area contributed by atoms with Gasteiger partial charge in [0.05, 0.1) is 15.8 Å². The Kier molecular flexibility index (Phi) is 5.21. The molecule has 180 valence electrons. The van der Waals surface area contributed by atoms with Crippen molar-refractivity contribution in [1.82, 2.24) is 4.98 Å². The van der Waals surface area contributed by atoms with Crippen molar-refractivity contribution in [2.24, 2.45) is 5.92 Å². The number of carbonyl (C=O) groups is 1. The van der Waals surface area contributed by atoms with Crippen molar-refractivity contribution < 1.29 is 38.1 Å². The van der Waals surface area contributed by atoms with Gasteiger partial charge in [-0.05, 0) is 48.7 Å². The molecule has 4 aromatic rings. The predicted molar refractivity (Wildman–Crippen MR) is 128 cm³/mol. The van der Waals surface area contributed by atoms with Crippen LogP contribution in [0.15, 0.2) is 46.9 Å². The van der Waals surface area contributed by atoms with Gasteiger partial charge in [0.1, 0.15) is 12.4 Å². The fourth-order valence-corrected chi connectivity index (χ4v) is 5.42. The topological polar surface area (TPSA) is 151 Å². The number of aliphatic hydroxyl groups excluding tert-OH is 1. The molecule has 1 aliphatic carbocycles. The molecule has 1 saturated carbocycles. The smallest absolute Gasteiger partial charge is 0.391 e. The Hall–Kier alpha value is -3.21. The van der Waals surface area contributed by atoms with Crippen LogP contribution in [0.2, 0.25) is 0 Å². The Morgan fingerprint density at radius 3 is 2.69 bits per heavy atom. The lowest BCUT2D eigenvalue weighted by Crippen LogP contribution is -2.22. The molecule has 6 rings (SSSR count). The molecule has 3 heterocycles. The summed E-state index contributed by atoms with van der Waals surface area (Å²) in [7, 11) is -4.59. The SMILES string of the molecule is O=C(Nc1nc2cccc(-c3cc4c(c(-c5ccc(P(=O)(O)O)o5)c3)OC(CO)O4)c2s1)C1CC1. The predicted octanol–water partition coefficient (Wildman–Crippen LogP) is 3.46. The Balaban J connectivity index is 1.46. The number of ether oxygens (including phenoxy) is 2. The quantitative estimate of drug-likeness (QED) is 0.284. The highest BCUT2D eigenvalue weighted by molar-refractivity contribution is 7.59. The van der Waals surface area contributed by atoms with Crippen LogP contribution in [-0.4, -0.2) is 38.7 Å². The number of carbonyl (C=O) groups excluding carboxylic acids is 1. The molecule has 1 fully saturated rings. The molecular formula is C23H19N2O8PS. The van der Waals surface area contributed by atoms with E-state index in [0.29, 0.717) is 33.3 Å². The van der Waals surface area contributed by atoms with Gasteiger partial charge in [-0.2, -0.15) is 0 Å². The van der Waals surface area contributed by atoms with Gasteiger partial charge in [-0.15, -0.1) is 0 Å². The van der Waals surface area contributed by atoms with E-state index in [-0.39, 0.29) is 24.2 Å². The summed E-state index contributed by atoms with van der Waals surface area (Å²) in [6.07, 6.45) is 0.874. The van der Waals surface area contributed by atoms with Crippen LogP contribution in [-0.2, 0) is 9.36 Å². The molecule has 1 atom stereocenters. The molecular weight excluding hydrogens is 495 g/mol. The van der Waals surface area contributed by atoms with Crippen LogP contribution in [0.4, 0.5) is 5.13 Å². The highest BCUT2D eigenvalue weighted by Gasteiger charge is 2.32. The average Bonchev–Trinajstić information content (AvgIpc) is 3.22. The van der Waals surface area contributed by atoms with Crippen molar-refractivity contribution in [3.8, 4) is 33.9 Å². The molecule has 1 unspecified atom stereocenters. The molecule has 2 aromatic carbocycles. The van der Waals surface area contributed by atoms with Crippen molar-refractivity contribution in [1.29, 1.82) is 0 Å². The summed E-state index contributed by atoms with van der Waals surface area (Å²) in [6.45, 7) is -0.385. The van der Waals surface area contributed by atoms with E-state index in [1.165, 1.54) is 23.5 Å². The van der Waals surface area contributed by atoms with Gasteiger partial charge in [0.25, 0.3) is 6.29 Å². The van der Waals surface area contributed by atoms with E-state index in [4.69, 9.17) is 13.9 Å². The number of hydrogen-bond donors (Lipinski definition) is 4. The van der Waals surface area contributed by atoms with Crippen molar-refractivity contribution in [3.05, 3.63) is 42.5 Å². The zero-order valence-corrected chi connectivity index (χ0v) is 19.7. The first-order valence-corrected chi connectivity index (χ1v) is 13.2. The summed E-state index contributed by atoms with van der Waals surface area (Å²) < 4.78 is 29.4. The van der Waals surface area contributed by atoms with E-state index in [1.54, 1.807) is 12.1 Å². The second-order valence-electron chi connectivity index (χ2n) is 8.32. The normalized spacial score (nSPS) is 17.2. The number of anilines is 1. The van der Waals surface area contributed by atoms with Crippen LogP contribution in [0.25, 0.3) is 32.7 Å². The summed E-state index contributed by atoms with van der Waals surface area (Å²) in [5.41, 5.74) is 2.19. The number of thiazole rings is 1. The summed E-state index contributed by atoms with van der Waals surface area (Å²) in [6, 6.07) is 11.8. The van der Waals surface area contributed by atoms with Crippen LogP contribution in [0, 0.1) is 5.92 Å². The number of benzene rings is 2. The second kappa shape index (κ2) is 8.18. The zero-order chi connectivity index (χ0) is 24.3. The largest absolute Gasteiger partial charge is 0.448 e. The third kappa shape index (κ3) is 4.11. The van der Waals surface area contributed by atoms with Crippen LogP contribution in [0.5, 0.6) is 11.5 Å². The third-order valence-corrected chi connectivity index (χ3v) is 7.59. The van der Waals surface area contributed by atoms with E-state index >= 15 is 0 Å². The van der Waals surface area contributed by atoms with E-state index < -0.39 is 19.4 Å². The number of fused-ring (bicyclic) bond motifs is 2. The van der Waals surface area contributed by atoms with Crippen LogP contribution < -0.4 is 20.3 Å². The highest BCUT2D eigenvalue weighted by atomic mass is 32.1. The number of aromatic nitrogens is 1. The fourth-order valence-electron chi connectivity index (χ4n) is 3.93. The Morgan fingerprint density at radius 1 is 1.14 bits per heavy atom. The lowest BCUT2D eigenvalue weighted by Gasteiger charge is -2.09. The number of nitrogens with zero attached hydrogens (tertiary/aromatic N) is 1. The molecule has 4 N–H and O–H groups in total. The van der Waals surface area contributed by atoms with Gasteiger partial charge in [-0.1, -0.05) is 23.5 Å². The molecule has 1 aliphatic heterocycles. The molecule has 35 heavy (non-hydrogen) atoms. The number of rotatable bonds is 6. The highest BCUT2D eigenvalue weighted by Crippen LogP contribution is 2.48. The van der Waals surface area contributed by atoms with E-state index in [1.807, 2.05) is 18.2 Å². The number of furan rings is 1. The zero-order valence-electron chi connectivity index (χ0n) is 18.0. The van der Waals surface area contributed by atoms with E-state index in [0.717, 1.165) is 23.1 Å². The Labute approximate surface area is 202 Å². The number of hydrogen-bond acceptors (Lipinski definition) is 8. The molecule has 0 spiro atoms. The lowest BCUT2D eigenvalue weighted by molar-refractivity contribution is -0.117. The lowest BCUT2D eigenvalue weighted by atomic mass is 10.00. The molecule has 2 aromatic heterocycles. The molecule has 1 amide bonds. The average molecular weight is 514 g/mol. The minimum atomic E-state index is -4.59. The third-order valence-electron chi connectivity index (χ3n) is 5.76. The first-order chi connectivity index (χ1) is 16.8. The van der Waals surface area contributed by atoms with Gasteiger partial charge in [0.15, 0.2) is 16.6 Å². The monoisotopic (exact) mass is 514 g/mol. The first-order valence-electron chi connectivity index (χ1n) is 10.8. The maximum absolute atomic E-state index is 12.2. The van der Waals surface area contributed by atoms with Gasteiger partial charge in [0, 0.05) is 11.5 Å². The molecule has 0 saturated heterocycles. The van der Waals surface area contributed by atoms with E-state index in [9.17, 15) is 24.3 Å². The second-order valence-corrected chi connectivity index (χ2v) is 10.8. The summed E-state index contributed by atoms with van der Waals surface area (Å²) in [4.78, 5) is 35.7. The number of nitrogens with one attached hydrogen (secondary N) is 1. The maximum atomic E-state index is 12.2. The summed E-state index contributed by atoms with van der Waals surface area (Å²) in [5.74, 6) is 0.869. The van der Waals surface area contributed by atoms with E-state index in [2.05, 4.69) is 10.3 Å². The molecule has 0 radical (unpaired) electrons. The Morgan fingerprint density at radius 2 is 1.97 bits per heavy atom. The molecule has 2 aliphatic rings. The van der Waals surface area contributed by atoms with Crippen molar-refractivity contribution in [2.75, 3.05) is 11.9 Å². The number of aliphatic hydroxyl groups is 1. The van der Waals surface area contributed by atoms with Crippen LogP contribution in [0.3, 0.4) is 0 Å². The molecule has 12 heteroatoms. The maximum Gasteiger partial charge on any atom is 0.391 e.